The Labute approximate surface area is 142 Å². The molecule has 1 atom stereocenters. The van der Waals surface area contributed by atoms with Crippen LogP contribution in [0, 0.1) is 17.0 Å². The highest BCUT2D eigenvalue weighted by Crippen LogP contribution is 2.26. The number of non-ortho nitro benzene ring substituents is 1. The number of carbonyl (C=O) groups is 1. The molecule has 1 unspecified atom stereocenters. The predicted molar refractivity (Wildman–Crippen MR) is 91.2 cm³/mol. The van der Waals surface area contributed by atoms with E-state index < -0.39 is 4.92 Å². The van der Waals surface area contributed by atoms with Gasteiger partial charge in [-0.25, -0.2) is 0 Å². The summed E-state index contributed by atoms with van der Waals surface area (Å²) in [5.74, 6) is -0.188. The summed E-state index contributed by atoms with van der Waals surface area (Å²) in [4.78, 5) is 24.5. The number of aryl methyl sites for hydroxylation is 1. The smallest absolute Gasteiger partial charge is 0.279 e. The quantitative estimate of drug-likeness (QED) is 0.617. The number of nitrogens with one attached hydrogen (secondary N) is 2. The van der Waals surface area contributed by atoms with Crippen molar-refractivity contribution in [1.82, 2.24) is 0 Å². The minimum absolute atomic E-state index is 0.107. The van der Waals surface area contributed by atoms with Crippen molar-refractivity contribution in [2.24, 2.45) is 0 Å². The van der Waals surface area contributed by atoms with E-state index in [1.807, 2.05) is 12.4 Å². The van der Waals surface area contributed by atoms with Crippen molar-refractivity contribution in [3.8, 4) is 0 Å². The molecule has 2 N–H and O–H groups in total. The molecule has 8 heteroatoms. The van der Waals surface area contributed by atoms with Crippen LogP contribution in [0.4, 0.5) is 11.4 Å². The number of nitrogens with zero attached hydrogens (tertiary/aromatic N) is 1. The van der Waals surface area contributed by atoms with Crippen LogP contribution in [0.3, 0.4) is 0 Å². The summed E-state index contributed by atoms with van der Waals surface area (Å²) in [6, 6.07) is 6.04. The van der Waals surface area contributed by atoms with Crippen LogP contribution in [0.1, 0.15) is 10.4 Å². The fourth-order valence-electron chi connectivity index (χ4n) is 2.11. The minimum Gasteiger partial charge on any atom is -0.325 e. The van der Waals surface area contributed by atoms with Crippen molar-refractivity contribution < 1.29 is 14.6 Å². The average Bonchev–Trinajstić information content (AvgIpc) is 2.86. The van der Waals surface area contributed by atoms with Gasteiger partial charge >= 0.3 is 0 Å². The van der Waals surface area contributed by atoms with Gasteiger partial charge in [0, 0.05) is 12.1 Å². The normalized spacial score (nSPS) is 12.0. The summed E-state index contributed by atoms with van der Waals surface area (Å²) in [6.45, 7) is 3.10. The van der Waals surface area contributed by atoms with Crippen LogP contribution in [0.15, 0.2) is 29.6 Å². The first-order chi connectivity index (χ1) is 10.9. The number of nitro benzene ring substituents is 1. The lowest BCUT2D eigenvalue weighted by Crippen LogP contribution is -3.08. The van der Waals surface area contributed by atoms with Gasteiger partial charge in [0.15, 0.2) is 6.54 Å². The standard InChI is InChI=1S/C15H16ClN3O3S/c1-10-5-6-23-14(10)8-18(2)9-15(20)17-13-4-3-11(19(21)22)7-12(13)16/h3-7H,8-9H2,1-2H3,(H,17,20)/p+1. The molecule has 6 nitrogen and oxygen atoms in total. The van der Waals surface area contributed by atoms with E-state index in [1.165, 1.54) is 28.6 Å². The molecule has 1 aromatic heterocycles. The Kier molecular flexibility index (Phi) is 5.70. The Morgan fingerprint density at radius 3 is 2.74 bits per heavy atom. The molecule has 0 bridgehead atoms. The summed E-state index contributed by atoms with van der Waals surface area (Å²) in [5.41, 5.74) is 1.50. The Morgan fingerprint density at radius 1 is 1.43 bits per heavy atom. The van der Waals surface area contributed by atoms with Crippen molar-refractivity contribution in [2.75, 3.05) is 18.9 Å². The maximum Gasteiger partial charge on any atom is 0.279 e. The van der Waals surface area contributed by atoms with Gasteiger partial charge in [-0.05, 0) is 30.0 Å². The zero-order valence-electron chi connectivity index (χ0n) is 12.8. The number of halogens is 1. The second kappa shape index (κ2) is 7.54. The van der Waals surface area contributed by atoms with Crippen molar-refractivity contribution in [3.63, 3.8) is 0 Å². The summed E-state index contributed by atoms with van der Waals surface area (Å²) in [6.07, 6.45) is 0. The number of anilines is 1. The molecule has 1 aromatic carbocycles. The Bertz CT molecular complexity index is 733. The third-order valence-electron chi connectivity index (χ3n) is 3.33. The van der Waals surface area contributed by atoms with E-state index >= 15 is 0 Å². The van der Waals surface area contributed by atoms with E-state index in [9.17, 15) is 14.9 Å². The maximum atomic E-state index is 12.1. The summed E-state index contributed by atoms with van der Waals surface area (Å²) in [5, 5.41) is 15.5. The summed E-state index contributed by atoms with van der Waals surface area (Å²) >= 11 is 7.64. The molecule has 0 spiro atoms. The van der Waals surface area contributed by atoms with Gasteiger partial charge in [-0.2, -0.15) is 0 Å². The van der Waals surface area contributed by atoms with E-state index in [0.29, 0.717) is 5.69 Å². The van der Waals surface area contributed by atoms with Crippen LogP contribution in [0.25, 0.3) is 0 Å². The number of hydrogen-bond donors (Lipinski definition) is 2. The van der Waals surface area contributed by atoms with E-state index in [0.717, 1.165) is 11.4 Å². The van der Waals surface area contributed by atoms with E-state index in [4.69, 9.17) is 11.6 Å². The molecule has 2 aromatic rings. The molecule has 0 fully saturated rings. The SMILES string of the molecule is Cc1ccsc1C[NH+](C)CC(=O)Nc1ccc([N+](=O)[O-])cc1Cl. The Balaban J connectivity index is 1.94. The second-order valence-corrected chi connectivity index (χ2v) is 6.71. The zero-order chi connectivity index (χ0) is 17.0. The van der Waals surface area contributed by atoms with Crippen molar-refractivity contribution in [3.05, 3.63) is 55.2 Å². The fraction of sp³-hybridized carbons (Fsp3) is 0.267. The number of benzene rings is 1. The molecule has 2 rings (SSSR count). The van der Waals surface area contributed by atoms with Crippen LogP contribution >= 0.6 is 22.9 Å². The van der Waals surface area contributed by atoms with Crippen molar-refractivity contribution in [1.29, 1.82) is 0 Å². The molecule has 0 aliphatic rings. The molecule has 122 valence electrons. The average molecular weight is 355 g/mol. The number of quaternary nitrogens is 1. The number of nitro groups is 1. The fourth-order valence-corrected chi connectivity index (χ4v) is 3.35. The van der Waals surface area contributed by atoms with Crippen LogP contribution in [-0.2, 0) is 11.3 Å². The third kappa shape index (κ3) is 4.75. The van der Waals surface area contributed by atoms with Gasteiger partial charge in [-0.3, -0.25) is 14.9 Å². The lowest BCUT2D eigenvalue weighted by Gasteiger charge is -2.14. The van der Waals surface area contributed by atoms with Gasteiger partial charge in [-0.1, -0.05) is 11.6 Å². The number of rotatable bonds is 6. The van der Waals surface area contributed by atoms with Crippen LogP contribution in [0.5, 0.6) is 0 Å². The van der Waals surface area contributed by atoms with Crippen molar-refractivity contribution >= 4 is 40.2 Å². The van der Waals surface area contributed by atoms with Crippen molar-refractivity contribution in [2.45, 2.75) is 13.5 Å². The number of likely N-dealkylation sites (N-methyl/N-ethyl adjacent to an activating group) is 1. The molecule has 23 heavy (non-hydrogen) atoms. The molecule has 0 radical (unpaired) electrons. The van der Waals surface area contributed by atoms with Gasteiger partial charge in [0.25, 0.3) is 11.6 Å². The number of amides is 1. The summed E-state index contributed by atoms with van der Waals surface area (Å²) < 4.78 is 0. The van der Waals surface area contributed by atoms with E-state index in [2.05, 4.69) is 18.3 Å². The first-order valence-electron chi connectivity index (χ1n) is 6.95. The molecule has 0 saturated carbocycles. The lowest BCUT2D eigenvalue weighted by atomic mass is 10.2. The zero-order valence-corrected chi connectivity index (χ0v) is 14.3. The molecule has 0 saturated heterocycles. The molecule has 1 heterocycles. The molecule has 0 aliphatic carbocycles. The number of carbonyl (C=O) groups excluding carboxylic acids is 1. The lowest BCUT2D eigenvalue weighted by molar-refractivity contribution is -0.884. The largest absolute Gasteiger partial charge is 0.325 e. The van der Waals surface area contributed by atoms with Crippen LogP contribution in [-0.4, -0.2) is 24.4 Å². The predicted octanol–water partition coefficient (Wildman–Crippen LogP) is 2.27. The number of hydrogen-bond acceptors (Lipinski definition) is 4. The Morgan fingerprint density at radius 2 is 2.17 bits per heavy atom. The van der Waals surface area contributed by atoms with Crippen LogP contribution < -0.4 is 10.2 Å². The molecule has 1 amide bonds. The molecule has 0 aliphatic heterocycles. The topological polar surface area (TPSA) is 76.7 Å². The first kappa shape index (κ1) is 17.4. The minimum atomic E-state index is -0.529. The third-order valence-corrected chi connectivity index (χ3v) is 4.67. The first-order valence-corrected chi connectivity index (χ1v) is 8.20. The van der Waals surface area contributed by atoms with Gasteiger partial charge in [0.2, 0.25) is 0 Å². The van der Waals surface area contributed by atoms with Gasteiger partial charge in [0.05, 0.1) is 27.6 Å². The molecular formula is C15H17ClN3O3S+. The summed E-state index contributed by atoms with van der Waals surface area (Å²) in [7, 11) is 1.94. The highest BCUT2D eigenvalue weighted by Gasteiger charge is 2.15. The molecular weight excluding hydrogens is 338 g/mol. The number of thiophene rings is 1. The maximum absolute atomic E-state index is 12.1. The Hall–Kier alpha value is -1.96. The van der Waals surface area contributed by atoms with E-state index in [1.54, 1.807) is 11.3 Å². The second-order valence-electron chi connectivity index (χ2n) is 5.31. The van der Waals surface area contributed by atoms with Gasteiger partial charge in [-0.15, -0.1) is 11.3 Å². The van der Waals surface area contributed by atoms with Gasteiger partial charge < -0.3 is 10.2 Å². The van der Waals surface area contributed by atoms with Crippen LogP contribution in [0.2, 0.25) is 5.02 Å². The highest BCUT2D eigenvalue weighted by atomic mass is 35.5. The van der Waals surface area contributed by atoms with Gasteiger partial charge in [0.1, 0.15) is 6.54 Å². The monoisotopic (exact) mass is 354 g/mol. The van der Waals surface area contributed by atoms with E-state index in [-0.39, 0.29) is 23.2 Å². The highest BCUT2D eigenvalue weighted by molar-refractivity contribution is 7.10.